The summed E-state index contributed by atoms with van der Waals surface area (Å²) in [5.74, 6) is 2.13. The zero-order chi connectivity index (χ0) is 7.40. The van der Waals surface area contributed by atoms with E-state index in [0.29, 0.717) is 12.1 Å². The summed E-state index contributed by atoms with van der Waals surface area (Å²) in [6.45, 7) is 0. The lowest BCUT2D eigenvalue weighted by Crippen LogP contribution is -2.45. The van der Waals surface area contributed by atoms with Crippen LogP contribution in [0, 0.1) is 0 Å². The predicted molar refractivity (Wildman–Crippen MR) is 43.2 cm³/mol. The molecule has 0 aromatic carbocycles. The van der Waals surface area contributed by atoms with Crippen LogP contribution in [-0.2, 0) is 4.79 Å². The van der Waals surface area contributed by atoms with E-state index in [0.717, 1.165) is 17.9 Å². The number of likely N-dealkylation sites (N-methyl/N-ethyl adjacent to an activating group) is 1. The maximum Gasteiger partial charge on any atom is 0.207 e. The smallest absolute Gasteiger partial charge is 0.207 e. The van der Waals surface area contributed by atoms with E-state index >= 15 is 0 Å². The fraction of sp³-hybridized carbons (Fsp3) is 0.833. The fourth-order valence-electron chi connectivity index (χ4n) is 1.09. The number of hydrogen-bond donors (Lipinski definition) is 2. The second-order valence-corrected chi connectivity index (χ2v) is 3.40. The highest BCUT2D eigenvalue weighted by atomic mass is 32.2. The molecule has 1 aliphatic rings. The lowest BCUT2D eigenvalue weighted by molar-refractivity contribution is -0.110. The van der Waals surface area contributed by atoms with Crippen LogP contribution >= 0.6 is 11.8 Å². The minimum atomic E-state index is 0.326. The highest BCUT2D eigenvalue weighted by Gasteiger charge is 2.25. The molecule has 1 aliphatic heterocycles. The minimum Gasteiger partial charge on any atom is -0.354 e. The van der Waals surface area contributed by atoms with Crippen molar-refractivity contribution in [2.45, 2.75) is 12.1 Å². The Hall–Kier alpha value is -0.220. The summed E-state index contributed by atoms with van der Waals surface area (Å²) < 4.78 is 0. The summed E-state index contributed by atoms with van der Waals surface area (Å²) in [5.41, 5.74) is 0. The van der Waals surface area contributed by atoms with E-state index in [4.69, 9.17) is 0 Å². The van der Waals surface area contributed by atoms with Crippen molar-refractivity contribution in [2.24, 2.45) is 0 Å². The summed E-state index contributed by atoms with van der Waals surface area (Å²) in [6, 6.07) is 0.780. The molecule has 0 bridgehead atoms. The first-order valence-electron chi connectivity index (χ1n) is 3.33. The molecule has 1 rings (SSSR count). The lowest BCUT2D eigenvalue weighted by Gasteiger charge is -2.16. The Labute approximate surface area is 64.9 Å². The Morgan fingerprint density at radius 1 is 1.50 bits per heavy atom. The van der Waals surface area contributed by atoms with E-state index in [1.165, 1.54) is 0 Å². The van der Waals surface area contributed by atoms with E-state index in [-0.39, 0.29) is 0 Å². The summed E-state index contributed by atoms with van der Waals surface area (Å²) >= 11 is 1.87. The molecule has 3 nitrogen and oxygen atoms in total. The average molecular weight is 160 g/mol. The molecule has 0 aromatic heterocycles. The van der Waals surface area contributed by atoms with Crippen LogP contribution < -0.4 is 10.6 Å². The number of rotatable bonds is 3. The molecule has 0 spiro atoms. The molecule has 2 N–H and O–H groups in total. The molecule has 1 amide bonds. The van der Waals surface area contributed by atoms with Gasteiger partial charge in [-0.2, -0.15) is 11.8 Å². The predicted octanol–water partition coefficient (Wildman–Crippen LogP) is -0.564. The van der Waals surface area contributed by atoms with Crippen LogP contribution in [0.5, 0.6) is 0 Å². The largest absolute Gasteiger partial charge is 0.354 e. The zero-order valence-electron chi connectivity index (χ0n) is 5.96. The highest BCUT2D eigenvalue weighted by molar-refractivity contribution is 7.99. The zero-order valence-corrected chi connectivity index (χ0v) is 6.78. The quantitative estimate of drug-likeness (QED) is 0.544. The molecule has 10 heavy (non-hydrogen) atoms. The fourth-order valence-corrected chi connectivity index (χ4v) is 2.46. The summed E-state index contributed by atoms with van der Waals surface area (Å²) in [7, 11) is 1.93. The third-order valence-corrected chi connectivity index (χ3v) is 2.92. The van der Waals surface area contributed by atoms with E-state index in [1.54, 1.807) is 0 Å². The molecule has 58 valence electrons. The molecule has 4 heteroatoms. The van der Waals surface area contributed by atoms with Gasteiger partial charge in [-0.05, 0) is 7.05 Å². The SMILES string of the molecule is CNC1CSCC1NC=O. The maximum absolute atomic E-state index is 10.1. The van der Waals surface area contributed by atoms with Gasteiger partial charge < -0.3 is 10.6 Å². The molecule has 0 aliphatic carbocycles. The second-order valence-electron chi connectivity index (χ2n) is 2.32. The standard InChI is InChI=1S/C6H12N2OS/c1-7-5-2-10-3-6(5)8-4-9/h4-7H,2-3H2,1H3,(H,8,9). The van der Waals surface area contributed by atoms with Crippen LogP contribution in [0.1, 0.15) is 0 Å². The van der Waals surface area contributed by atoms with Crippen molar-refractivity contribution in [3.8, 4) is 0 Å². The van der Waals surface area contributed by atoms with Gasteiger partial charge in [0, 0.05) is 17.5 Å². The van der Waals surface area contributed by atoms with Gasteiger partial charge >= 0.3 is 0 Å². The number of nitrogens with one attached hydrogen (secondary N) is 2. The topological polar surface area (TPSA) is 41.1 Å². The molecule has 1 fully saturated rings. The number of thioether (sulfide) groups is 1. The summed E-state index contributed by atoms with van der Waals surface area (Å²) in [4.78, 5) is 10.1. The summed E-state index contributed by atoms with van der Waals surface area (Å²) in [6.07, 6.45) is 0.779. The Balaban J connectivity index is 2.34. The third-order valence-electron chi connectivity index (χ3n) is 1.73. The van der Waals surface area contributed by atoms with E-state index in [2.05, 4.69) is 10.6 Å². The van der Waals surface area contributed by atoms with Crippen LogP contribution in [0.25, 0.3) is 0 Å². The number of hydrogen-bond acceptors (Lipinski definition) is 3. The molecule has 1 heterocycles. The Kier molecular flexibility index (Phi) is 3.02. The number of carbonyl (C=O) groups excluding carboxylic acids is 1. The van der Waals surface area contributed by atoms with Gasteiger partial charge in [0.1, 0.15) is 0 Å². The van der Waals surface area contributed by atoms with Crippen molar-refractivity contribution in [3.63, 3.8) is 0 Å². The Morgan fingerprint density at radius 3 is 2.80 bits per heavy atom. The van der Waals surface area contributed by atoms with Crippen molar-refractivity contribution >= 4 is 18.2 Å². The van der Waals surface area contributed by atoms with Gasteiger partial charge in [0.25, 0.3) is 0 Å². The van der Waals surface area contributed by atoms with Crippen molar-refractivity contribution in [1.82, 2.24) is 10.6 Å². The molecular formula is C6H12N2OS. The van der Waals surface area contributed by atoms with Gasteiger partial charge in [-0.3, -0.25) is 4.79 Å². The van der Waals surface area contributed by atoms with Gasteiger partial charge in [0.2, 0.25) is 6.41 Å². The molecular weight excluding hydrogens is 148 g/mol. The number of amides is 1. The maximum atomic E-state index is 10.1. The van der Waals surface area contributed by atoms with Crippen LogP contribution in [0.4, 0.5) is 0 Å². The molecule has 0 radical (unpaired) electrons. The first kappa shape index (κ1) is 7.88. The van der Waals surface area contributed by atoms with Crippen molar-refractivity contribution in [2.75, 3.05) is 18.6 Å². The minimum absolute atomic E-state index is 0.326. The van der Waals surface area contributed by atoms with Gasteiger partial charge in [-0.25, -0.2) is 0 Å². The highest BCUT2D eigenvalue weighted by Crippen LogP contribution is 2.17. The van der Waals surface area contributed by atoms with E-state index in [9.17, 15) is 4.79 Å². The van der Waals surface area contributed by atoms with Gasteiger partial charge in [-0.1, -0.05) is 0 Å². The third kappa shape index (κ3) is 1.64. The lowest BCUT2D eigenvalue weighted by atomic mass is 10.2. The van der Waals surface area contributed by atoms with Gasteiger partial charge in [-0.15, -0.1) is 0 Å². The first-order chi connectivity index (χ1) is 4.88. The average Bonchev–Trinajstić information content (AvgIpc) is 2.36. The van der Waals surface area contributed by atoms with Crippen molar-refractivity contribution in [3.05, 3.63) is 0 Å². The monoisotopic (exact) mass is 160 g/mol. The Morgan fingerprint density at radius 2 is 2.20 bits per heavy atom. The molecule has 0 saturated carbocycles. The van der Waals surface area contributed by atoms with Crippen LogP contribution in [0.15, 0.2) is 0 Å². The molecule has 0 aromatic rings. The first-order valence-corrected chi connectivity index (χ1v) is 4.48. The van der Waals surface area contributed by atoms with Crippen molar-refractivity contribution in [1.29, 1.82) is 0 Å². The number of carbonyl (C=O) groups is 1. The Bertz CT molecular complexity index is 120. The normalized spacial score (nSPS) is 32.1. The molecule has 2 unspecified atom stereocenters. The van der Waals surface area contributed by atoms with Gasteiger partial charge in [0.05, 0.1) is 6.04 Å². The van der Waals surface area contributed by atoms with Crippen molar-refractivity contribution < 1.29 is 4.79 Å². The van der Waals surface area contributed by atoms with Crippen LogP contribution in [-0.4, -0.2) is 37.0 Å². The van der Waals surface area contributed by atoms with E-state index < -0.39 is 0 Å². The van der Waals surface area contributed by atoms with Gasteiger partial charge in [0.15, 0.2) is 0 Å². The second kappa shape index (κ2) is 3.83. The van der Waals surface area contributed by atoms with E-state index in [1.807, 2.05) is 18.8 Å². The summed E-state index contributed by atoms with van der Waals surface area (Å²) in [5, 5.41) is 5.94. The van der Waals surface area contributed by atoms with Crippen LogP contribution in [0.2, 0.25) is 0 Å². The molecule has 1 saturated heterocycles. The van der Waals surface area contributed by atoms with Crippen LogP contribution in [0.3, 0.4) is 0 Å². The molecule has 2 atom stereocenters.